The van der Waals surface area contributed by atoms with Crippen LogP contribution in [-0.2, 0) is 4.79 Å². The highest BCUT2D eigenvalue weighted by Crippen LogP contribution is 2.27. The van der Waals surface area contributed by atoms with Crippen molar-refractivity contribution in [2.45, 2.75) is 0 Å². The van der Waals surface area contributed by atoms with E-state index >= 15 is 0 Å². The van der Waals surface area contributed by atoms with Gasteiger partial charge in [-0.1, -0.05) is 0 Å². The molecule has 1 amide bonds. The van der Waals surface area contributed by atoms with Crippen molar-refractivity contribution in [1.29, 1.82) is 0 Å². The van der Waals surface area contributed by atoms with Gasteiger partial charge in [-0.3, -0.25) is 10.2 Å². The zero-order valence-corrected chi connectivity index (χ0v) is 10.1. The average Bonchev–Trinajstić information content (AvgIpc) is 2.36. The summed E-state index contributed by atoms with van der Waals surface area (Å²) in [5.74, 6) is 1.45. The minimum atomic E-state index is -0.269. The summed E-state index contributed by atoms with van der Waals surface area (Å²) in [6, 6.07) is 5.07. The number of rotatable bonds is 6. The van der Waals surface area contributed by atoms with E-state index in [2.05, 4.69) is 10.9 Å². The molecule has 0 heterocycles. The predicted molar refractivity (Wildman–Crippen MR) is 62.2 cm³/mol. The molecule has 0 radical (unpaired) electrons. The van der Waals surface area contributed by atoms with Crippen molar-refractivity contribution in [2.75, 3.05) is 27.9 Å². The van der Waals surface area contributed by atoms with Crippen LogP contribution in [0.5, 0.6) is 17.2 Å². The first-order valence-electron chi connectivity index (χ1n) is 5.01. The Morgan fingerprint density at radius 2 is 1.65 bits per heavy atom. The van der Waals surface area contributed by atoms with E-state index in [0.29, 0.717) is 17.2 Å². The smallest absolute Gasteiger partial charge is 0.271 e. The van der Waals surface area contributed by atoms with Crippen LogP contribution in [-0.4, -0.2) is 33.8 Å². The van der Waals surface area contributed by atoms with Gasteiger partial charge in [-0.05, 0) is 0 Å². The molecule has 0 aromatic heterocycles. The maximum atomic E-state index is 11.2. The summed E-state index contributed by atoms with van der Waals surface area (Å²) in [5, 5.41) is 0. The normalized spacial score (nSPS) is 9.59. The number of amides is 1. The van der Waals surface area contributed by atoms with Crippen LogP contribution >= 0.6 is 0 Å². The van der Waals surface area contributed by atoms with Crippen molar-refractivity contribution in [2.24, 2.45) is 0 Å². The molecular formula is C11H16N2O4. The number of carbonyl (C=O) groups is 1. The Morgan fingerprint density at radius 3 is 2.12 bits per heavy atom. The molecule has 0 aliphatic heterocycles. The summed E-state index contributed by atoms with van der Waals surface area (Å²) in [7, 11) is 4.70. The number of ether oxygens (including phenoxy) is 3. The van der Waals surface area contributed by atoms with E-state index in [1.807, 2.05) is 0 Å². The largest absolute Gasteiger partial charge is 0.496 e. The third kappa shape index (κ3) is 4.20. The maximum Gasteiger partial charge on any atom is 0.271 e. The molecule has 0 aliphatic rings. The number of nitrogens with one attached hydrogen (secondary N) is 2. The third-order valence-corrected chi connectivity index (χ3v) is 1.96. The average molecular weight is 240 g/mol. The number of carbonyl (C=O) groups excluding carboxylic acids is 1. The molecule has 0 saturated heterocycles. The highest BCUT2D eigenvalue weighted by atomic mass is 16.5. The molecule has 0 bridgehead atoms. The molecule has 0 aliphatic carbocycles. The molecule has 1 rings (SSSR count). The van der Waals surface area contributed by atoms with Gasteiger partial charge in [0.25, 0.3) is 5.91 Å². The van der Waals surface area contributed by atoms with E-state index in [4.69, 9.17) is 14.2 Å². The summed E-state index contributed by atoms with van der Waals surface area (Å²) in [6.07, 6.45) is 0. The lowest BCUT2D eigenvalue weighted by Gasteiger charge is -2.10. The lowest BCUT2D eigenvalue weighted by atomic mass is 10.3. The predicted octanol–water partition coefficient (Wildman–Crippen LogP) is 0.333. The Kier molecular flexibility index (Phi) is 5.09. The van der Waals surface area contributed by atoms with Crippen molar-refractivity contribution in [3.05, 3.63) is 18.2 Å². The molecule has 0 atom stereocenters. The molecule has 0 saturated carbocycles. The number of hydrazine groups is 1. The van der Waals surface area contributed by atoms with Crippen LogP contribution < -0.4 is 25.1 Å². The van der Waals surface area contributed by atoms with Crippen LogP contribution in [0.4, 0.5) is 0 Å². The zero-order chi connectivity index (χ0) is 12.7. The molecule has 6 nitrogen and oxygen atoms in total. The van der Waals surface area contributed by atoms with Crippen LogP contribution in [0.2, 0.25) is 0 Å². The lowest BCUT2D eigenvalue weighted by Crippen LogP contribution is -2.37. The zero-order valence-electron chi connectivity index (χ0n) is 10.1. The summed E-state index contributed by atoms with van der Waals surface area (Å²) in [4.78, 5) is 11.2. The van der Waals surface area contributed by atoms with Gasteiger partial charge in [-0.25, -0.2) is 5.43 Å². The third-order valence-electron chi connectivity index (χ3n) is 1.96. The molecule has 6 heteroatoms. The van der Waals surface area contributed by atoms with E-state index in [0.717, 1.165) is 0 Å². The Balaban J connectivity index is 2.66. The van der Waals surface area contributed by atoms with Crippen LogP contribution in [0.15, 0.2) is 18.2 Å². The molecule has 0 fully saturated rings. The van der Waals surface area contributed by atoms with Crippen LogP contribution in [0.1, 0.15) is 0 Å². The Bertz CT molecular complexity index is 359. The summed E-state index contributed by atoms with van der Waals surface area (Å²) >= 11 is 0. The highest BCUT2D eigenvalue weighted by Gasteiger charge is 2.05. The van der Waals surface area contributed by atoms with Gasteiger partial charge in [0.15, 0.2) is 6.61 Å². The number of hydrogen-bond donors (Lipinski definition) is 2. The van der Waals surface area contributed by atoms with Gasteiger partial charge in [-0.15, -0.1) is 0 Å². The highest BCUT2D eigenvalue weighted by molar-refractivity contribution is 5.76. The second kappa shape index (κ2) is 6.59. The molecular weight excluding hydrogens is 224 g/mol. The van der Waals surface area contributed by atoms with Gasteiger partial charge >= 0.3 is 0 Å². The summed E-state index contributed by atoms with van der Waals surface area (Å²) < 4.78 is 15.5. The van der Waals surface area contributed by atoms with Crippen LogP contribution in [0.25, 0.3) is 0 Å². The van der Waals surface area contributed by atoms with Crippen molar-refractivity contribution in [3.8, 4) is 17.2 Å². The first-order chi connectivity index (χ1) is 8.19. The summed E-state index contributed by atoms with van der Waals surface area (Å²) in [5.41, 5.74) is 4.92. The standard InChI is InChI=1S/C11H16N2O4/c1-12-13-11(14)7-17-10-5-8(15-2)4-9(6-10)16-3/h4-6,12H,7H2,1-3H3,(H,13,14). The molecule has 1 aromatic carbocycles. The van der Waals surface area contributed by atoms with E-state index < -0.39 is 0 Å². The van der Waals surface area contributed by atoms with Crippen molar-refractivity contribution in [3.63, 3.8) is 0 Å². The minimum Gasteiger partial charge on any atom is -0.496 e. The lowest BCUT2D eigenvalue weighted by molar-refractivity contribution is -0.123. The molecule has 17 heavy (non-hydrogen) atoms. The van der Waals surface area contributed by atoms with Gasteiger partial charge in [0.2, 0.25) is 0 Å². The number of methoxy groups -OCH3 is 2. The Morgan fingerprint density at radius 1 is 1.12 bits per heavy atom. The van der Waals surface area contributed by atoms with E-state index in [-0.39, 0.29) is 12.5 Å². The quantitative estimate of drug-likeness (QED) is 0.701. The molecule has 2 N–H and O–H groups in total. The van der Waals surface area contributed by atoms with E-state index in [1.165, 1.54) is 0 Å². The second-order valence-corrected chi connectivity index (χ2v) is 3.14. The van der Waals surface area contributed by atoms with Gasteiger partial charge < -0.3 is 14.2 Å². The first kappa shape index (κ1) is 13.1. The fourth-order valence-corrected chi connectivity index (χ4v) is 1.19. The van der Waals surface area contributed by atoms with Crippen molar-refractivity contribution >= 4 is 5.91 Å². The fraction of sp³-hybridized carbons (Fsp3) is 0.364. The van der Waals surface area contributed by atoms with Crippen LogP contribution in [0.3, 0.4) is 0 Å². The van der Waals surface area contributed by atoms with Gasteiger partial charge in [-0.2, -0.15) is 0 Å². The van der Waals surface area contributed by atoms with Crippen molar-refractivity contribution in [1.82, 2.24) is 10.9 Å². The van der Waals surface area contributed by atoms with Gasteiger partial charge in [0, 0.05) is 25.2 Å². The molecule has 1 aromatic rings. The van der Waals surface area contributed by atoms with E-state index in [9.17, 15) is 4.79 Å². The monoisotopic (exact) mass is 240 g/mol. The van der Waals surface area contributed by atoms with Gasteiger partial charge in [0.05, 0.1) is 14.2 Å². The molecule has 0 unspecified atom stereocenters. The maximum absolute atomic E-state index is 11.2. The first-order valence-corrected chi connectivity index (χ1v) is 5.01. The number of hydrogen-bond acceptors (Lipinski definition) is 5. The number of benzene rings is 1. The van der Waals surface area contributed by atoms with E-state index in [1.54, 1.807) is 39.5 Å². The Hall–Kier alpha value is -1.95. The fourth-order valence-electron chi connectivity index (χ4n) is 1.19. The van der Waals surface area contributed by atoms with Crippen LogP contribution in [0, 0.1) is 0 Å². The summed E-state index contributed by atoms with van der Waals surface area (Å²) in [6.45, 7) is -0.0861. The molecule has 0 spiro atoms. The Labute approximate surface area is 99.8 Å². The van der Waals surface area contributed by atoms with Crippen molar-refractivity contribution < 1.29 is 19.0 Å². The van der Waals surface area contributed by atoms with Gasteiger partial charge in [0.1, 0.15) is 17.2 Å². The molecule has 94 valence electrons. The topological polar surface area (TPSA) is 68.8 Å². The minimum absolute atomic E-state index is 0.0861. The second-order valence-electron chi connectivity index (χ2n) is 3.14. The SMILES string of the molecule is CNNC(=O)COc1cc(OC)cc(OC)c1.